The van der Waals surface area contributed by atoms with Gasteiger partial charge in [0.05, 0.1) is 38.8 Å². The maximum absolute atomic E-state index is 13.6. The molecule has 0 saturated carbocycles. The largest absolute Gasteiger partial charge is 0.334 e. The van der Waals surface area contributed by atoms with E-state index in [0.29, 0.717) is 18.7 Å². The summed E-state index contributed by atoms with van der Waals surface area (Å²) in [6, 6.07) is 2.51. The van der Waals surface area contributed by atoms with Crippen LogP contribution in [-0.4, -0.2) is 44.0 Å². The van der Waals surface area contributed by atoms with Crippen LogP contribution in [0.1, 0.15) is 15.9 Å². The molecule has 1 N–H and O–H groups in total. The third-order valence-electron chi connectivity index (χ3n) is 3.31. The maximum Gasteiger partial charge on any atom is 0.257 e. The Labute approximate surface area is 105 Å². The van der Waals surface area contributed by atoms with Crippen molar-refractivity contribution in [1.29, 1.82) is 0 Å². The van der Waals surface area contributed by atoms with E-state index >= 15 is 0 Å². The minimum Gasteiger partial charge on any atom is -0.334 e. The van der Waals surface area contributed by atoms with Gasteiger partial charge >= 0.3 is 0 Å². The highest BCUT2D eigenvalue weighted by atomic mass is 19.2. The van der Waals surface area contributed by atoms with Gasteiger partial charge in [0.25, 0.3) is 5.91 Å². The number of amides is 1. The van der Waals surface area contributed by atoms with E-state index in [1.54, 1.807) is 11.8 Å². The van der Waals surface area contributed by atoms with E-state index in [-0.39, 0.29) is 5.56 Å². The molecule has 5 heteroatoms. The lowest BCUT2D eigenvalue weighted by atomic mass is 10.1. The Morgan fingerprint density at radius 1 is 1.28 bits per heavy atom. The van der Waals surface area contributed by atoms with Gasteiger partial charge in [0, 0.05) is 0 Å². The molecular weight excluding hydrogens is 238 g/mol. The molecule has 0 aromatic heterocycles. The molecule has 0 spiro atoms. The Morgan fingerprint density at radius 3 is 2.50 bits per heavy atom. The molecule has 0 bridgehead atoms. The number of aryl methyl sites for hydroxylation is 1. The molecule has 0 unspecified atom stereocenters. The summed E-state index contributed by atoms with van der Waals surface area (Å²) in [6.45, 7) is 4.48. The van der Waals surface area contributed by atoms with Gasteiger partial charge in [-0.25, -0.2) is 8.78 Å². The van der Waals surface area contributed by atoms with Gasteiger partial charge in [-0.3, -0.25) is 4.79 Å². The van der Waals surface area contributed by atoms with E-state index in [0.717, 1.165) is 19.2 Å². The second-order valence-corrected chi connectivity index (χ2v) is 4.86. The second kappa shape index (κ2) is 5.02. The number of benzene rings is 1. The molecular formula is C13H17F2N2O+. The minimum absolute atomic E-state index is 0.160. The Bertz CT molecular complexity index is 468. The summed E-state index contributed by atoms with van der Waals surface area (Å²) >= 11 is 0. The molecule has 1 aliphatic heterocycles. The fourth-order valence-corrected chi connectivity index (χ4v) is 2.14. The zero-order valence-electron chi connectivity index (χ0n) is 10.6. The predicted molar refractivity (Wildman–Crippen MR) is 63.6 cm³/mol. The van der Waals surface area contributed by atoms with E-state index in [4.69, 9.17) is 0 Å². The molecule has 2 rings (SSSR count). The van der Waals surface area contributed by atoms with Crippen molar-refractivity contribution in [3.05, 3.63) is 34.9 Å². The number of carbonyl (C=O) groups excluding carboxylic acids is 1. The molecule has 1 aliphatic rings. The van der Waals surface area contributed by atoms with Gasteiger partial charge in [-0.2, -0.15) is 0 Å². The van der Waals surface area contributed by atoms with E-state index < -0.39 is 17.5 Å². The Balaban J connectivity index is 2.23. The summed E-state index contributed by atoms with van der Waals surface area (Å²) in [6.07, 6.45) is 0. The van der Waals surface area contributed by atoms with Crippen LogP contribution in [0.2, 0.25) is 0 Å². The first-order valence-electron chi connectivity index (χ1n) is 6.05. The number of nitrogens with one attached hydrogen (secondary N) is 1. The second-order valence-electron chi connectivity index (χ2n) is 4.86. The highest BCUT2D eigenvalue weighted by Crippen LogP contribution is 2.16. The van der Waals surface area contributed by atoms with Gasteiger partial charge in [-0.15, -0.1) is 0 Å². The van der Waals surface area contributed by atoms with E-state index in [9.17, 15) is 13.6 Å². The monoisotopic (exact) mass is 255 g/mol. The van der Waals surface area contributed by atoms with Crippen LogP contribution in [0.4, 0.5) is 8.78 Å². The minimum atomic E-state index is -1.04. The quantitative estimate of drug-likeness (QED) is 0.764. The molecule has 3 nitrogen and oxygen atoms in total. The van der Waals surface area contributed by atoms with Crippen molar-refractivity contribution in [1.82, 2.24) is 4.90 Å². The van der Waals surface area contributed by atoms with Crippen molar-refractivity contribution in [3.63, 3.8) is 0 Å². The average molecular weight is 255 g/mol. The Morgan fingerprint density at radius 2 is 1.89 bits per heavy atom. The number of nitrogens with zero attached hydrogens (tertiary/aromatic N) is 1. The molecule has 1 aromatic carbocycles. The number of rotatable bonds is 1. The van der Waals surface area contributed by atoms with Crippen molar-refractivity contribution in [2.75, 3.05) is 33.2 Å². The van der Waals surface area contributed by atoms with Crippen molar-refractivity contribution >= 4 is 5.91 Å². The molecule has 1 amide bonds. The molecule has 1 saturated heterocycles. The van der Waals surface area contributed by atoms with Gasteiger partial charge in [0.15, 0.2) is 11.6 Å². The standard InChI is InChI=1S/C13H16F2N2O/c1-9-7-10(12(15)11(14)8-9)13(18)17-5-3-16(2)4-6-17/h7-8H,3-6H2,1-2H3/p+1. The summed E-state index contributed by atoms with van der Waals surface area (Å²) in [7, 11) is 2.05. The molecule has 0 radical (unpaired) electrons. The fourth-order valence-electron chi connectivity index (χ4n) is 2.14. The summed E-state index contributed by atoms with van der Waals surface area (Å²) in [5.41, 5.74) is 0.393. The van der Waals surface area contributed by atoms with Gasteiger partial charge in [-0.1, -0.05) is 0 Å². The first kappa shape index (κ1) is 13.0. The van der Waals surface area contributed by atoms with Gasteiger partial charge in [0.1, 0.15) is 0 Å². The van der Waals surface area contributed by atoms with E-state index in [2.05, 4.69) is 7.05 Å². The lowest BCUT2D eigenvalue weighted by Gasteiger charge is -2.30. The van der Waals surface area contributed by atoms with Crippen LogP contribution in [0.3, 0.4) is 0 Å². The van der Waals surface area contributed by atoms with Crippen molar-refractivity contribution in [3.8, 4) is 0 Å². The highest BCUT2D eigenvalue weighted by molar-refractivity contribution is 5.94. The fraction of sp³-hybridized carbons (Fsp3) is 0.462. The van der Waals surface area contributed by atoms with Crippen LogP contribution in [0, 0.1) is 18.6 Å². The lowest BCUT2D eigenvalue weighted by molar-refractivity contribution is -0.883. The number of piperazine rings is 1. The molecule has 18 heavy (non-hydrogen) atoms. The summed E-state index contributed by atoms with van der Waals surface area (Å²) in [5.74, 6) is -2.42. The third kappa shape index (κ3) is 2.51. The first-order valence-corrected chi connectivity index (χ1v) is 6.05. The topological polar surface area (TPSA) is 24.8 Å². The molecule has 1 fully saturated rings. The van der Waals surface area contributed by atoms with Gasteiger partial charge < -0.3 is 9.80 Å². The Kier molecular flexibility index (Phi) is 3.61. The predicted octanol–water partition coefficient (Wildman–Crippen LogP) is 0.244. The highest BCUT2D eigenvalue weighted by Gasteiger charge is 2.25. The van der Waals surface area contributed by atoms with Crippen molar-refractivity contribution in [2.24, 2.45) is 0 Å². The van der Waals surface area contributed by atoms with Crippen LogP contribution in [0.25, 0.3) is 0 Å². The molecule has 1 heterocycles. The van der Waals surface area contributed by atoms with Crippen molar-refractivity contribution in [2.45, 2.75) is 6.92 Å². The van der Waals surface area contributed by atoms with Crippen molar-refractivity contribution < 1.29 is 18.5 Å². The summed E-state index contributed by atoms with van der Waals surface area (Å²) < 4.78 is 26.9. The number of likely N-dealkylation sites (N-methyl/N-ethyl adjacent to an activating group) is 1. The molecule has 98 valence electrons. The zero-order chi connectivity index (χ0) is 13.3. The van der Waals surface area contributed by atoms with Gasteiger partial charge in [-0.05, 0) is 24.6 Å². The summed E-state index contributed by atoms with van der Waals surface area (Å²) in [4.78, 5) is 15.1. The number of hydrogen-bond donors (Lipinski definition) is 1. The summed E-state index contributed by atoms with van der Waals surface area (Å²) in [5, 5.41) is 0. The number of quaternary nitrogens is 1. The maximum atomic E-state index is 13.6. The van der Waals surface area contributed by atoms with E-state index in [1.807, 2.05) is 0 Å². The zero-order valence-corrected chi connectivity index (χ0v) is 10.6. The number of hydrogen-bond acceptors (Lipinski definition) is 1. The molecule has 0 aliphatic carbocycles. The van der Waals surface area contributed by atoms with E-state index in [1.165, 1.54) is 11.0 Å². The van der Waals surface area contributed by atoms with Crippen LogP contribution in [0.5, 0.6) is 0 Å². The first-order chi connectivity index (χ1) is 8.49. The SMILES string of the molecule is Cc1cc(F)c(F)c(C(=O)N2CC[NH+](C)CC2)c1. The van der Waals surface area contributed by atoms with Crippen LogP contribution in [0.15, 0.2) is 12.1 Å². The molecule has 1 aromatic rings. The lowest BCUT2D eigenvalue weighted by Crippen LogP contribution is -3.12. The van der Waals surface area contributed by atoms with Gasteiger partial charge in [0.2, 0.25) is 0 Å². The normalized spacial score (nSPS) is 17.0. The number of halogens is 2. The van der Waals surface area contributed by atoms with Crippen LogP contribution < -0.4 is 4.90 Å². The Hall–Kier alpha value is -1.49. The van der Waals surface area contributed by atoms with Crippen LogP contribution in [-0.2, 0) is 0 Å². The average Bonchev–Trinajstić information content (AvgIpc) is 2.34. The smallest absolute Gasteiger partial charge is 0.257 e. The third-order valence-corrected chi connectivity index (χ3v) is 3.31. The number of carbonyl (C=O) groups is 1. The molecule has 0 atom stereocenters. The van der Waals surface area contributed by atoms with Crippen LogP contribution >= 0.6 is 0 Å².